The van der Waals surface area contributed by atoms with Crippen LogP contribution < -0.4 is 10.9 Å². The Balaban J connectivity index is 1.13. The summed E-state index contributed by atoms with van der Waals surface area (Å²) < 4.78 is 10.7. The van der Waals surface area contributed by atoms with Gasteiger partial charge in [-0.3, -0.25) is 0 Å². The predicted molar refractivity (Wildman–Crippen MR) is 242 cm³/mol. The molecule has 16 rings (SSSR count). The molecule has 0 saturated carbocycles. The molecule has 8 aromatic carbocycles. The van der Waals surface area contributed by atoms with E-state index in [0.717, 1.165) is 0 Å². The molecule has 12 aromatic rings. The van der Waals surface area contributed by atoms with Gasteiger partial charge >= 0.3 is 6.85 Å². The molecule has 1 unspecified atom stereocenters. The Morgan fingerprint density at radius 2 is 1.02 bits per heavy atom. The van der Waals surface area contributed by atoms with Gasteiger partial charge in [-0.25, -0.2) is 0 Å². The number of hydrogen-bond acceptors (Lipinski definition) is 0. The maximum atomic E-state index is 2.78. The van der Waals surface area contributed by atoms with E-state index in [-0.39, 0.29) is 12.9 Å². The van der Waals surface area contributed by atoms with Crippen LogP contribution in [0.5, 0.6) is 0 Å². The molecule has 4 aliphatic rings. The lowest BCUT2D eigenvalue weighted by molar-refractivity contribution is 0.710. The third-order valence-corrected chi connectivity index (χ3v) is 14.5. The van der Waals surface area contributed by atoms with Crippen molar-refractivity contribution in [2.24, 2.45) is 0 Å². The first-order valence-electron chi connectivity index (χ1n) is 20.6. The lowest BCUT2D eigenvalue weighted by Gasteiger charge is -2.36. The van der Waals surface area contributed by atoms with Crippen molar-refractivity contribution in [3.8, 4) is 33.6 Å². The van der Waals surface area contributed by atoms with Gasteiger partial charge in [-0.1, -0.05) is 121 Å². The maximum absolute atomic E-state index is 2.78. The highest BCUT2D eigenvalue weighted by molar-refractivity contribution is 6.90. The van der Waals surface area contributed by atoms with Gasteiger partial charge in [0.25, 0.3) is 0 Å². The normalized spacial score (nSPS) is 15.2. The van der Waals surface area contributed by atoms with Gasteiger partial charge in [0.05, 0.1) is 50.3 Å². The molecule has 0 amide bonds. The zero-order valence-corrected chi connectivity index (χ0v) is 31.8. The summed E-state index contributed by atoms with van der Waals surface area (Å²) in [6, 6.07) is 56.1. The van der Waals surface area contributed by atoms with Crippen LogP contribution in [-0.2, 0) is 0 Å². The first-order valence-corrected chi connectivity index (χ1v) is 20.6. The number of benzene rings is 8. The van der Waals surface area contributed by atoms with E-state index in [1.165, 1.54) is 143 Å². The van der Waals surface area contributed by atoms with Crippen molar-refractivity contribution in [3.05, 3.63) is 168 Å². The Labute approximate surface area is 332 Å². The smallest absolute Gasteiger partial charge is 0.333 e. The van der Waals surface area contributed by atoms with Crippen LogP contribution in [-0.4, -0.2) is 25.0 Å². The van der Waals surface area contributed by atoms with Crippen LogP contribution in [0.1, 0.15) is 28.3 Å². The summed E-state index contributed by atoms with van der Waals surface area (Å²) in [6.45, 7) is 4.56. The van der Waals surface area contributed by atoms with Gasteiger partial charge in [0.15, 0.2) is 0 Å². The average molecular weight is 735 g/mol. The number of nitrogens with zero attached hydrogens (tertiary/aromatic N) is 4. The SMILES string of the molecule is Cc1cc2c3c(c1)-n1c4ccccc4c4cccc(c41)B3n1c3c-2cccc3c2c1c1cccc3c1n2C1c2c-3cc(C)cc2-n2c3ccccc3c3cccc1c32. The maximum Gasteiger partial charge on any atom is 0.333 e. The molecule has 0 saturated heterocycles. The zero-order chi connectivity index (χ0) is 37.4. The van der Waals surface area contributed by atoms with E-state index < -0.39 is 0 Å². The first-order chi connectivity index (χ1) is 28.7. The summed E-state index contributed by atoms with van der Waals surface area (Å²) in [5.41, 5.74) is 26.7. The molecule has 0 spiro atoms. The summed E-state index contributed by atoms with van der Waals surface area (Å²) in [6.07, 6.45) is 0. The molecule has 1 atom stereocenters. The van der Waals surface area contributed by atoms with E-state index in [0.29, 0.717) is 0 Å². The van der Waals surface area contributed by atoms with Crippen molar-refractivity contribution in [3.63, 3.8) is 0 Å². The molecule has 0 N–H and O–H groups in total. The fourth-order valence-electron chi connectivity index (χ4n) is 12.7. The number of aryl methyl sites for hydroxylation is 2. The van der Waals surface area contributed by atoms with E-state index in [4.69, 9.17) is 0 Å². The number of rotatable bonds is 0. The summed E-state index contributed by atoms with van der Waals surface area (Å²) in [4.78, 5) is 0. The zero-order valence-electron chi connectivity index (χ0n) is 31.8. The topological polar surface area (TPSA) is 19.7 Å². The Morgan fingerprint density at radius 3 is 1.79 bits per heavy atom. The number of fused-ring (bicyclic) bond motifs is 19. The molecule has 0 fully saturated rings. The van der Waals surface area contributed by atoms with Crippen LogP contribution in [0, 0.1) is 13.8 Å². The first kappa shape index (κ1) is 29.1. The van der Waals surface area contributed by atoms with Gasteiger partial charge in [-0.15, -0.1) is 0 Å². The summed E-state index contributed by atoms with van der Waals surface area (Å²) >= 11 is 0. The Kier molecular flexibility index (Phi) is 4.66. The molecule has 266 valence electrons. The van der Waals surface area contributed by atoms with Crippen molar-refractivity contribution in [2.45, 2.75) is 19.9 Å². The highest BCUT2D eigenvalue weighted by atomic mass is 15.1. The summed E-state index contributed by atoms with van der Waals surface area (Å²) in [5, 5.41) is 7.94. The number of para-hydroxylation sites is 6. The minimum atomic E-state index is 0.0157. The molecule has 5 heteroatoms. The molecule has 0 radical (unpaired) electrons. The molecule has 0 bridgehead atoms. The molecular formula is C53H31BN4. The Bertz CT molecular complexity index is 3750. The minimum Gasteiger partial charge on any atom is -0.374 e. The molecule has 4 nitrogen and oxygen atoms in total. The van der Waals surface area contributed by atoms with E-state index in [9.17, 15) is 0 Å². The monoisotopic (exact) mass is 734 g/mol. The van der Waals surface area contributed by atoms with Gasteiger partial charge in [-0.05, 0) is 71.3 Å². The second kappa shape index (κ2) is 9.31. The molecule has 0 aliphatic carbocycles. The Morgan fingerprint density at radius 1 is 0.431 bits per heavy atom. The van der Waals surface area contributed by atoms with Crippen LogP contribution in [0.4, 0.5) is 0 Å². The van der Waals surface area contributed by atoms with E-state index >= 15 is 0 Å². The fraction of sp³-hybridized carbons (Fsp3) is 0.0566. The van der Waals surface area contributed by atoms with Crippen LogP contribution in [0.3, 0.4) is 0 Å². The van der Waals surface area contributed by atoms with Crippen LogP contribution in [0.25, 0.3) is 110 Å². The van der Waals surface area contributed by atoms with Crippen molar-refractivity contribution in [2.75, 3.05) is 0 Å². The highest BCUT2D eigenvalue weighted by Crippen LogP contribution is 2.57. The van der Waals surface area contributed by atoms with Gasteiger partial charge in [0, 0.05) is 65.8 Å². The van der Waals surface area contributed by atoms with Gasteiger partial charge in [-0.2, -0.15) is 0 Å². The second-order valence-electron chi connectivity index (χ2n) is 17.3. The second-order valence-corrected chi connectivity index (χ2v) is 17.3. The number of hydrogen-bond donors (Lipinski definition) is 0. The summed E-state index contributed by atoms with van der Waals surface area (Å²) in [5.74, 6) is 0. The predicted octanol–water partition coefficient (Wildman–Crippen LogP) is 11.4. The lowest BCUT2D eigenvalue weighted by atomic mass is 9.45. The quantitative estimate of drug-likeness (QED) is 0.138. The minimum absolute atomic E-state index is 0.0157. The highest BCUT2D eigenvalue weighted by Gasteiger charge is 2.45. The lowest BCUT2D eigenvalue weighted by Crippen LogP contribution is -2.55. The van der Waals surface area contributed by atoms with E-state index in [2.05, 4.69) is 178 Å². The van der Waals surface area contributed by atoms with Crippen LogP contribution in [0.2, 0.25) is 0 Å². The van der Waals surface area contributed by atoms with Gasteiger partial charge in [0.1, 0.15) is 0 Å². The van der Waals surface area contributed by atoms with Gasteiger partial charge < -0.3 is 18.2 Å². The van der Waals surface area contributed by atoms with E-state index in [1.54, 1.807) is 0 Å². The summed E-state index contributed by atoms with van der Waals surface area (Å²) in [7, 11) is 0. The fourth-order valence-corrected chi connectivity index (χ4v) is 12.7. The Hall–Kier alpha value is -7.24. The number of aromatic nitrogens is 4. The third-order valence-electron chi connectivity index (χ3n) is 14.5. The largest absolute Gasteiger partial charge is 0.374 e. The molecular weight excluding hydrogens is 703 g/mol. The van der Waals surface area contributed by atoms with Crippen molar-refractivity contribution < 1.29 is 0 Å². The van der Waals surface area contributed by atoms with E-state index in [1.807, 2.05) is 0 Å². The van der Waals surface area contributed by atoms with Crippen molar-refractivity contribution in [1.82, 2.24) is 18.2 Å². The molecule has 8 heterocycles. The standard InChI is InChI=1S/C53H31BN4/c1-27-23-38-33-14-8-18-36-48(33)57(51-35-17-7-13-31-29-11-3-5-21-41(29)55(47(31)35)43(25-27)45(38)51)52-37-19-9-15-34-39-24-28(2)26-44-46(39)54(58(49(34)37)53(36)52)40-20-10-16-32-30-12-4-6-22-42(30)56(44)50(32)40/h3-26,51H,1-2H3. The van der Waals surface area contributed by atoms with Crippen LogP contribution in [0.15, 0.2) is 146 Å². The van der Waals surface area contributed by atoms with Crippen molar-refractivity contribution >= 4 is 94.2 Å². The average Bonchev–Trinajstić information content (AvgIpc) is 3.98. The molecule has 4 aliphatic heterocycles. The van der Waals surface area contributed by atoms with Gasteiger partial charge in [0.2, 0.25) is 0 Å². The molecule has 4 aromatic heterocycles. The van der Waals surface area contributed by atoms with Crippen LogP contribution >= 0.6 is 0 Å². The molecule has 58 heavy (non-hydrogen) atoms. The van der Waals surface area contributed by atoms with Crippen molar-refractivity contribution in [1.29, 1.82) is 0 Å². The third kappa shape index (κ3) is 2.93.